The molecule has 4 N–H and O–H groups in total. The summed E-state index contributed by atoms with van der Waals surface area (Å²) in [5.74, 6) is 0.333. The average Bonchev–Trinajstić information content (AvgIpc) is 2.03. The molecule has 0 bridgehead atoms. The van der Waals surface area contributed by atoms with Gasteiger partial charge in [0.2, 0.25) is 5.95 Å². The fourth-order valence-electron chi connectivity index (χ4n) is 0.771. The molecule has 7 heteroatoms. The summed E-state index contributed by atoms with van der Waals surface area (Å²) in [4.78, 5) is 19.5. The molecule has 7 nitrogen and oxygen atoms in total. The van der Waals surface area contributed by atoms with Crippen LogP contribution in [0.15, 0.2) is 5.18 Å². The SMILES string of the molecule is CN(C)c1nc(N)c(N=O)c(N)n1. The molecule has 0 saturated heterocycles. The molecule has 13 heavy (non-hydrogen) atoms. The van der Waals surface area contributed by atoms with Crippen molar-refractivity contribution in [1.29, 1.82) is 0 Å². The number of hydrogen-bond donors (Lipinski definition) is 2. The summed E-state index contributed by atoms with van der Waals surface area (Å²) < 4.78 is 0. The van der Waals surface area contributed by atoms with Crippen LogP contribution in [0.2, 0.25) is 0 Å². The van der Waals surface area contributed by atoms with Gasteiger partial charge in [0, 0.05) is 14.1 Å². The van der Waals surface area contributed by atoms with Gasteiger partial charge in [-0.25, -0.2) is 0 Å². The second-order valence-corrected chi connectivity index (χ2v) is 2.63. The van der Waals surface area contributed by atoms with Gasteiger partial charge in [0.05, 0.1) is 0 Å². The van der Waals surface area contributed by atoms with Crippen LogP contribution in [0.4, 0.5) is 23.3 Å². The molecule has 0 radical (unpaired) electrons. The van der Waals surface area contributed by atoms with Gasteiger partial charge in [0.25, 0.3) is 0 Å². The van der Waals surface area contributed by atoms with Gasteiger partial charge in [0.1, 0.15) is 0 Å². The quantitative estimate of drug-likeness (QED) is 0.628. The van der Waals surface area contributed by atoms with Crippen LogP contribution in [0.25, 0.3) is 0 Å². The lowest BCUT2D eigenvalue weighted by Crippen LogP contribution is -2.14. The Bertz CT molecular complexity index is 313. The maximum absolute atomic E-state index is 10.2. The van der Waals surface area contributed by atoms with Crippen LogP contribution in [-0.4, -0.2) is 24.1 Å². The van der Waals surface area contributed by atoms with Crippen molar-refractivity contribution < 1.29 is 0 Å². The van der Waals surface area contributed by atoms with E-state index in [9.17, 15) is 4.91 Å². The van der Waals surface area contributed by atoms with E-state index in [1.54, 1.807) is 19.0 Å². The minimum Gasteiger partial charge on any atom is -0.382 e. The Morgan fingerprint density at radius 2 is 1.69 bits per heavy atom. The zero-order valence-corrected chi connectivity index (χ0v) is 7.35. The highest BCUT2D eigenvalue weighted by Crippen LogP contribution is 2.27. The van der Waals surface area contributed by atoms with Crippen molar-refractivity contribution in [3.05, 3.63) is 4.91 Å². The summed E-state index contributed by atoms with van der Waals surface area (Å²) in [6, 6.07) is 0. The van der Waals surface area contributed by atoms with Crippen LogP contribution in [0.1, 0.15) is 0 Å². The van der Waals surface area contributed by atoms with Crippen LogP contribution in [-0.2, 0) is 0 Å². The predicted octanol–water partition coefficient (Wildman–Crippen LogP) is 0.105. The smallest absolute Gasteiger partial charge is 0.228 e. The summed E-state index contributed by atoms with van der Waals surface area (Å²) in [5.41, 5.74) is 10.7. The summed E-state index contributed by atoms with van der Waals surface area (Å²) in [5, 5.41) is 2.63. The Kier molecular flexibility index (Phi) is 2.27. The Labute approximate surface area is 74.7 Å². The normalized spacial score (nSPS) is 9.69. The summed E-state index contributed by atoms with van der Waals surface area (Å²) in [7, 11) is 3.48. The van der Waals surface area contributed by atoms with E-state index in [1.165, 1.54) is 0 Å². The first-order valence-corrected chi connectivity index (χ1v) is 3.50. The highest BCUT2D eigenvalue weighted by Gasteiger charge is 2.10. The molecule has 1 aromatic heterocycles. The van der Waals surface area contributed by atoms with E-state index in [-0.39, 0.29) is 17.3 Å². The van der Waals surface area contributed by atoms with Gasteiger partial charge < -0.3 is 16.4 Å². The van der Waals surface area contributed by atoms with Crippen molar-refractivity contribution in [2.75, 3.05) is 30.5 Å². The lowest BCUT2D eigenvalue weighted by molar-refractivity contribution is 1.01. The number of hydrogen-bond acceptors (Lipinski definition) is 7. The third-order valence-corrected chi connectivity index (χ3v) is 1.42. The number of rotatable bonds is 2. The first kappa shape index (κ1) is 9.17. The molecular formula is C6H10N6O. The number of nitrogen functional groups attached to an aromatic ring is 2. The second-order valence-electron chi connectivity index (χ2n) is 2.63. The lowest BCUT2D eigenvalue weighted by Gasteiger charge is -2.11. The molecular weight excluding hydrogens is 172 g/mol. The van der Waals surface area contributed by atoms with Gasteiger partial charge in [-0.2, -0.15) is 9.97 Å². The van der Waals surface area contributed by atoms with Gasteiger partial charge in [-0.1, -0.05) is 0 Å². The predicted molar refractivity (Wildman–Crippen MR) is 50.6 cm³/mol. The highest BCUT2D eigenvalue weighted by molar-refractivity contribution is 5.71. The monoisotopic (exact) mass is 182 g/mol. The minimum absolute atomic E-state index is 0.00815. The van der Waals surface area contributed by atoms with Gasteiger partial charge in [0.15, 0.2) is 17.3 Å². The summed E-state index contributed by atoms with van der Waals surface area (Å²) in [6.45, 7) is 0. The first-order chi connectivity index (χ1) is 6.06. The number of nitrogens with zero attached hydrogens (tertiary/aromatic N) is 4. The van der Waals surface area contributed by atoms with Crippen LogP contribution in [0.3, 0.4) is 0 Å². The standard InChI is InChI=1S/C6H10N6O/c1-12(2)6-9-4(7)3(11-13)5(8)10-6/h1-2H3,(H4,7,8,9,10). The first-order valence-electron chi connectivity index (χ1n) is 3.50. The largest absolute Gasteiger partial charge is 0.382 e. The van der Waals surface area contributed by atoms with Crippen LogP contribution in [0, 0.1) is 4.91 Å². The molecule has 0 spiro atoms. The number of nitrogens with two attached hydrogens (primary N) is 2. The van der Waals surface area contributed by atoms with E-state index in [4.69, 9.17) is 11.5 Å². The Morgan fingerprint density at radius 1 is 1.23 bits per heavy atom. The van der Waals surface area contributed by atoms with Gasteiger partial charge in [-0.05, 0) is 5.18 Å². The molecule has 1 rings (SSSR count). The fourth-order valence-corrected chi connectivity index (χ4v) is 0.771. The number of anilines is 3. The van der Waals surface area contributed by atoms with Crippen molar-refractivity contribution in [2.24, 2.45) is 5.18 Å². The van der Waals surface area contributed by atoms with E-state index in [2.05, 4.69) is 15.1 Å². The molecule has 1 aromatic rings. The molecule has 1 heterocycles. The minimum atomic E-state index is -0.106. The Hall–Kier alpha value is -1.92. The topological polar surface area (TPSA) is 110 Å². The molecule has 0 aliphatic carbocycles. The lowest BCUT2D eigenvalue weighted by atomic mass is 10.4. The number of nitroso groups, excluding NO2 is 1. The Morgan fingerprint density at radius 3 is 2.00 bits per heavy atom. The van der Waals surface area contributed by atoms with E-state index in [0.717, 1.165) is 0 Å². The maximum Gasteiger partial charge on any atom is 0.228 e. The van der Waals surface area contributed by atoms with Gasteiger partial charge in [-0.3, -0.25) is 0 Å². The maximum atomic E-state index is 10.2. The Balaban J connectivity index is 3.28. The van der Waals surface area contributed by atoms with E-state index in [0.29, 0.717) is 5.95 Å². The highest BCUT2D eigenvalue weighted by atomic mass is 16.3. The summed E-state index contributed by atoms with van der Waals surface area (Å²) >= 11 is 0. The van der Waals surface area contributed by atoms with Crippen molar-refractivity contribution >= 4 is 23.3 Å². The molecule has 0 fully saturated rings. The van der Waals surface area contributed by atoms with Crippen molar-refractivity contribution in [2.45, 2.75) is 0 Å². The molecule has 0 unspecified atom stereocenters. The molecule has 0 amide bonds. The third-order valence-electron chi connectivity index (χ3n) is 1.42. The van der Waals surface area contributed by atoms with Crippen LogP contribution < -0.4 is 16.4 Å². The van der Waals surface area contributed by atoms with Gasteiger partial charge >= 0.3 is 0 Å². The van der Waals surface area contributed by atoms with Gasteiger partial charge in [-0.15, -0.1) is 4.91 Å². The molecule has 0 aliphatic rings. The molecule has 0 atom stereocenters. The zero-order chi connectivity index (χ0) is 10.0. The van der Waals surface area contributed by atoms with Crippen molar-refractivity contribution in [3.63, 3.8) is 0 Å². The second kappa shape index (κ2) is 3.21. The fraction of sp³-hybridized carbons (Fsp3) is 0.333. The molecule has 0 saturated carbocycles. The number of aromatic nitrogens is 2. The van der Waals surface area contributed by atoms with Crippen molar-refractivity contribution in [3.8, 4) is 0 Å². The molecule has 0 aliphatic heterocycles. The summed E-state index contributed by atoms with van der Waals surface area (Å²) in [6.07, 6.45) is 0. The van der Waals surface area contributed by atoms with E-state index >= 15 is 0 Å². The van der Waals surface area contributed by atoms with Crippen LogP contribution in [0.5, 0.6) is 0 Å². The average molecular weight is 182 g/mol. The van der Waals surface area contributed by atoms with Crippen molar-refractivity contribution in [1.82, 2.24) is 9.97 Å². The van der Waals surface area contributed by atoms with E-state index < -0.39 is 0 Å². The third kappa shape index (κ3) is 1.63. The molecule has 70 valence electrons. The zero-order valence-electron chi connectivity index (χ0n) is 7.35. The van der Waals surface area contributed by atoms with E-state index in [1.807, 2.05) is 0 Å². The van der Waals surface area contributed by atoms with Crippen LogP contribution >= 0.6 is 0 Å². The molecule has 0 aromatic carbocycles.